The Hall–Kier alpha value is -4.26. The van der Waals surface area contributed by atoms with Crippen molar-refractivity contribution >= 4 is 23.6 Å². The van der Waals surface area contributed by atoms with E-state index in [2.05, 4.69) is 10.6 Å². The van der Waals surface area contributed by atoms with Crippen molar-refractivity contribution in [1.29, 1.82) is 0 Å². The monoisotopic (exact) mass is 483 g/mol. The molecule has 7 heteroatoms. The molecule has 0 saturated heterocycles. The van der Waals surface area contributed by atoms with Crippen LogP contribution in [0.1, 0.15) is 62.5 Å². The lowest BCUT2D eigenvalue weighted by Gasteiger charge is -2.25. The minimum atomic E-state index is -1.02. The average Bonchev–Trinajstić information content (AvgIpc) is 3.16. The largest absolute Gasteiger partial charge is 0.350 e. The van der Waals surface area contributed by atoms with E-state index in [1.807, 2.05) is 50.2 Å². The quantitative estimate of drug-likeness (QED) is 0.453. The maximum atomic E-state index is 13.4. The molecule has 3 aromatic carbocycles. The molecule has 1 heterocycles. The zero-order chi connectivity index (χ0) is 25.7. The lowest BCUT2D eigenvalue weighted by molar-refractivity contribution is -0.125. The van der Waals surface area contributed by atoms with E-state index in [1.165, 1.54) is 0 Å². The summed E-state index contributed by atoms with van der Waals surface area (Å²) in [6, 6.07) is 21.9. The lowest BCUT2D eigenvalue weighted by Crippen LogP contribution is -2.50. The fourth-order valence-corrected chi connectivity index (χ4v) is 4.17. The van der Waals surface area contributed by atoms with Crippen LogP contribution in [0.25, 0.3) is 0 Å². The third-order valence-corrected chi connectivity index (χ3v) is 6.36. The van der Waals surface area contributed by atoms with E-state index >= 15 is 0 Å². The van der Waals surface area contributed by atoms with Gasteiger partial charge in [-0.15, -0.1) is 0 Å². The van der Waals surface area contributed by atoms with Gasteiger partial charge in [0.05, 0.1) is 11.1 Å². The summed E-state index contributed by atoms with van der Waals surface area (Å²) in [6.45, 7) is 4.09. The van der Waals surface area contributed by atoms with Gasteiger partial charge in [0.25, 0.3) is 17.7 Å². The number of imide groups is 1. The van der Waals surface area contributed by atoms with Gasteiger partial charge < -0.3 is 10.6 Å². The fourth-order valence-electron chi connectivity index (χ4n) is 4.17. The van der Waals surface area contributed by atoms with E-state index in [4.69, 9.17) is 0 Å². The molecular formula is C29H29N3O4. The minimum Gasteiger partial charge on any atom is -0.350 e. The highest BCUT2D eigenvalue weighted by atomic mass is 16.2. The van der Waals surface area contributed by atoms with Crippen LogP contribution in [0.15, 0.2) is 78.9 Å². The van der Waals surface area contributed by atoms with Crippen molar-refractivity contribution in [3.8, 4) is 0 Å². The molecule has 0 aromatic heterocycles. The topological polar surface area (TPSA) is 95.6 Å². The number of amides is 4. The summed E-state index contributed by atoms with van der Waals surface area (Å²) in [5, 5.41) is 5.80. The third kappa shape index (κ3) is 5.35. The highest BCUT2D eigenvalue weighted by Gasteiger charge is 2.42. The van der Waals surface area contributed by atoms with Crippen molar-refractivity contribution in [3.63, 3.8) is 0 Å². The van der Waals surface area contributed by atoms with Gasteiger partial charge in [0.15, 0.2) is 0 Å². The zero-order valence-electron chi connectivity index (χ0n) is 20.4. The Kier molecular flexibility index (Phi) is 7.59. The number of fused-ring (bicyclic) bond motifs is 1. The molecule has 184 valence electrons. The number of carbonyl (C=O) groups excluding carboxylic acids is 4. The molecule has 1 aliphatic heterocycles. The van der Waals surface area contributed by atoms with E-state index in [1.54, 1.807) is 42.5 Å². The number of benzene rings is 3. The van der Waals surface area contributed by atoms with Crippen LogP contribution in [-0.4, -0.2) is 40.6 Å². The van der Waals surface area contributed by atoms with Crippen molar-refractivity contribution in [3.05, 3.63) is 107 Å². The third-order valence-electron chi connectivity index (χ3n) is 6.36. The van der Waals surface area contributed by atoms with Gasteiger partial charge in [0, 0.05) is 24.6 Å². The number of nitrogens with one attached hydrogen (secondary N) is 2. The van der Waals surface area contributed by atoms with Crippen molar-refractivity contribution < 1.29 is 19.2 Å². The molecule has 0 fully saturated rings. The Morgan fingerprint density at radius 2 is 1.44 bits per heavy atom. The molecule has 7 nitrogen and oxygen atoms in total. The van der Waals surface area contributed by atoms with Gasteiger partial charge in [-0.05, 0) is 48.7 Å². The molecule has 2 unspecified atom stereocenters. The Bertz CT molecular complexity index is 1250. The molecule has 1 aliphatic rings. The van der Waals surface area contributed by atoms with E-state index in [0.717, 1.165) is 22.4 Å². The van der Waals surface area contributed by atoms with Crippen molar-refractivity contribution in [1.82, 2.24) is 15.5 Å². The van der Waals surface area contributed by atoms with Crippen LogP contribution in [0.2, 0.25) is 0 Å². The van der Waals surface area contributed by atoms with E-state index in [9.17, 15) is 19.2 Å². The Morgan fingerprint density at radius 3 is 2.08 bits per heavy atom. The summed E-state index contributed by atoms with van der Waals surface area (Å²) < 4.78 is 0. The Balaban J connectivity index is 1.53. The molecule has 2 atom stereocenters. The first kappa shape index (κ1) is 24.9. The van der Waals surface area contributed by atoms with Gasteiger partial charge in [-0.25, -0.2) is 0 Å². The van der Waals surface area contributed by atoms with E-state index in [0.29, 0.717) is 16.7 Å². The SMILES string of the molecule is CCC(C)NC(=O)c1cccc(CNC(=O)C(Cc2ccccc2)N2C(=O)c3ccccc3C2=O)c1. The summed E-state index contributed by atoms with van der Waals surface area (Å²) in [5.41, 5.74) is 2.67. The van der Waals surface area contributed by atoms with Crippen molar-refractivity contribution in [2.45, 2.75) is 45.3 Å². The summed E-state index contributed by atoms with van der Waals surface area (Å²) in [7, 11) is 0. The number of rotatable bonds is 9. The Morgan fingerprint density at radius 1 is 0.833 bits per heavy atom. The predicted molar refractivity (Wildman–Crippen MR) is 136 cm³/mol. The first-order chi connectivity index (χ1) is 17.4. The molecule has 0 aliphatic carbocycles. The normalized spacial score (nSPS) is 14.2. The number of hydrogen-bond donors (Lipinski definition) is 2. The molecule has 3 aromatic rings. The van der Waals surface area contributed by atoms with Crippen LogP contribution >= 0.6 is 0 Å². The average molecular weight is 484 g/mol. The smallest absolute Gasteiger partial charge is 0.262 e. The predicted octanol–water partition coefficient (Wildman–Crippen LogP) is 3.74. The molecule has 0 bridgehead atoms. The van der Waals surface area contributed by atoms with E-state index in [-0.39, 0.29) is 24.9 Å². The van der Waals surface area contributed by atoms with Crippen LogP contribution < -0.4 is 10.6 Å². The van der Waals surface area contributed by atoms with Crippen molar-refractivity contribution in [2.75, 3.05) is 0 Å². The summed E-state index contributed by atoms with van der Waals surface area (Å²) in [5.74, 6) is -1.57. The van der Waals surface area contributed by atoms with Crippen LogP contribution in [0.4, 0.5) is 0 Å². The van der Waals surface area contributed by atoms with Crippen LogP contribution in [0, 0.1) is 0 Å². The Labute approximate surface area is 210 Å². The number of nitrogens with zero attached hydrogens (tertiary/aromatic N) is 1. The lowest BCUT2D eigenvalue weighted by atomic mass is 10.0. The summed E-state index contributed by atoms with van der Waals surface area (Å²) >= 11 is 0. The zero-order valence-corrected chi connectivity index (χ0v) is 20.4. The summed E-state index contributed by atoms with van der Waals surface area (Å²) in [4.78, 5) is 53.2. The van der Waals surface area contributed by atoms with Crippen molar-refractivity contribution in [2.24, 2.45) is 0 Å². The molecule has 4 amide bonds. The molecular weight excluding hydrogens is 454 g/mol. The van der Waals surface area contributed by atoms with Gasteiger partial charge >= 0.3 is 0 Å². The maximum absolute atomic E-state index is 13.4. The van der Waals surface area contributed by atoms with Gasteiger partial charge in [-0.2, -0.15) is 0 Å². The second-order valence-electron chi connectivity index (χ2n) is 8.93. The van der Waals surface area contributed by atoms with E-state index < -0.39 is 23.8 Å². The molecule has 2 N–H and O–H groups in total. The molecule has 0 saturated carbocycles. The molecule has 36 heavy (non-hydrogen) atoms. The van der Waals surface area contributed by atoms with Gasteiger partial charge in [0.1, 0.15) is 6.04 Å². The number of hydrogen-bond acceptors (Lipinski definition) is 4. The first-order valence-corrected chi connectivity index (χ1v) is 12.1. The first-order valence-electron chi connectivity index (χ1n) is 12.1. The standard InChI is InChI=1S/C29H29N3O4/c1-3-19(2)31-26(33)22-13-9-12-21(16-22)18-30-27(34)25(17-20-10-5-4-6-11-20)32-28(35)23-14-7-8-15-24(23)29(32)36/h4-16,19,25H,3,17-18H2,1-2H3,(H,30,34)(H,31,33). The molecule has 0 radical (unpaired) electrons. The second kappa shape index (κ2) is 11.0. The molecule has 0 spiro atoms. The fraction of sp³-hybridized carbons (Fsp3) is 0.241. The summed E-state index contributed by atoms with van der Waals surface area (Å²) in [6.07, 6.45) is 1.01. The van der Waals surface area contributed by atoms with Crippen LogP contribution in [-0.2, 0) is 17.8 Å². The maximum Gasteiger partial charge on any atom is 0.262 e. The van der Waals surface area contributed by atoms with Gasteiger partial charge in [0.2, 0.25) is 5.91 Å². The highest BCUT2D eigenvalue weighted by molar-refractivity contribution is 6.22. The van der Waals surface area contributed by atoms with Crippen LogP contribution in [0.5, 0.6) is 0 Å². The van der Waals surface area contributed by atoms with Gasteiger partial charge in [-0.3, -0.25) is 24.1 Å². The minimum absolute atomic E-state index is 0.0549. The second-order valence-corrected chi connectivity index (χ2v) is 8.93. The van der Waals surface area contributed by atoms with Crippen LogP contribution in [0.3, 0.4) is 0 Å². The highest BCUT2D eigenvalue weighted by Crippen LogP contribution is 2.26. The molecule has 4 rings (SSSR count). The van der Waals surface area contributed by atoms with Gasteiger partial charge in [-0.1, -0.05) is 61.5 Å². The number of carbonyl (C=O) groups is 4.